The molecular formula is C12H12N4O3. The van der Waals surface area contributed by atoms with Crippen molar-refractivity contribution >= 4 is 17.7 Å². The van der Waals surface area contributed by atoms with Gasteiger partial charge >= 0.3 is 5.97 Å². The number of nitrogens with zero attached hydrogens (tertiary/aromatic N) is 2. The number of carboxylic acids is 1. The van der Waals surface area contributed by atoms with E-state index in [2.05, 4.69) is 20.5 Å². The molecule has 2 aromatic rings. The molecule has 1 amide bonds. The highest BCUT2D eigenvalue weighted by atomic mass is 16.4. The van der Waals surface area contributed by atoms with Crippen molar-refractivity contribution in [3.05, 3.63) is 30.6 Å². The Morgan fingerprint density at radius 2 is 2.00 bits per heavy atom. The Kier molecular flexibility index (Phi) is 3.87. The molecule has 0 atom stereocenters. The van der Waals surface area contributed by atoms with Gasteiger partial charge in [0.2, 0.25) is 5.91 Å². The van der Waals surface area contributed by atoms with Gasteiger partial charge in [-0.1, -0.05) is 0 Å². The number of carboxylic acid groups (broad SMARTS) is 1. The second kappa shape index (κ2) is 5.76. The van der Waals surface area contributed by atoms with Crippen LogP contribution in [0.2, 0.25) is 0 Å². The van der Waals surface area contributed by atoms with Gasteiger partial charge in [0.25, 0.3) is 0 Å². The van der Waals surface area contributed by atoms with Crippen LogP contribution in [0.5, 0.6) is 0 Å². The Morgan fingerprint density at radius 3 is 2.68 bits per heavy atom. The molecule has 0 bridgehead atoms. The number of H-pyrrole nitrogens is 1. The standard InChI is InChI=1S/C12H12N4O3/c17-11(1-2-12(18)19)14-10-7-9(15-16-10)8-3-5-13-6-4-8/h3-7H,1-2H2,(H,18,19)(H2,14,15,16,17). The molecule has 0 aliphatic rings. The first-order chi connectivity index (χ1) is 9.15. The average molecular weight is 260 g/mol. The van der Waals surface area contributed by atoms with E-state index in [0.29, 0.717) is 5.82 Å². The van der Waals surface area contributed by atoms with E-state index in [4.69, 9.17) is 5.11 Å². The molecule has 0 saturated carbocycles. The molecule has 7 nitrogen and oxygen atoms in total. The van der Waals surface area contributed by atoms with Crippen LogP contribution in [0.4, 0.5) is 5.82 Å². The number of nitrogens with one attached hydrogen (secondary N) is 2. The fourth-order valence-electron chi connectivity index (χ4n) is 1.49. The van der Waals surface area contributed by atoms with E-state index in [0.717, 1.165) is 11.3 Å². The molecule has 2 rings (SSSR count). The van der Waals surface area contributed by atoms with Gasteiger partial charge in [0.05, 0.1) is 12.1 Å². The number of aliphatic carboxylic acids is 1. The lowest BCUT2D eigenvalue weighted by Crippen LogP contribution is -2.13. The second-order valence-electron chi connectivity index (χ2n) is 3.84. The second-order valence-corrected chi connectivity index (χ2v) is 3.84. The summed E-state index contributed by atoms with van der Waals surface area (Å²) in [7, 11) is 0. The minimum Gasteiger partial charge on any atom is -0.481 e. The molecule has 2 aromatic heterocycles. The maximum Gasteiger partial charge on any atom is 0.303 e. The van der Waals surface area contributed by atoms with Gasteiger partial charge in [0.15, 0.2) is 5.82 Å². The van der Waals surface area contributed by atoms with Crippen LogP contribution in [0.25, 0.3) is 11.3 Å². The van der Waals surface area contributed by atoms with Crippen molar-refractivity contribution in [2.75, 3.05) is 5.32 Å². The van der Waals surface area contributed by atoms with Crippen LogP contribution in [-0.2, 0) is 9.59 Å². The Bertz CT molecular complexity index is 580. The molecule has 0 unspecified atom stereocenters. The van der Waals surface area contributed by atoms with E-state index >= 15 is 0 Å². The molecule has 7 heteroatoms. The minimum atomic E-state index is -1.00. The first-order valence-electron chi connectivity index (χ1n) is 5.62. The fourth-order valence-corrected chi connectivity index (χ4v) is 1.49. The Morgan fingerprint density at radius 1 is 1.26 bits per heavy atom. The van der Waals surface area contributed by atoms with Crippen molar-refractivity contribution < 1.29 is 14.7 Å². The Labute approximate surface area is 108 Å². The number of pyridine rings is 1. The third kappa shape index (κ3) is 3.63. The minimum absolute atomic E-state index is 0.0766. The van der Waals surface area contributed by atoms with Gasteiger partial charge in [-0.2, -0.15) is 5.10 Å². The molecule has 0 fully saturated rings. The van der Waals surface area contributed by atoms with E-state index in [-0.39, 0.29) is 18.7 Å². The summed E-state index contributed by atoms with van der Waals surface area (Å²) in [5.41, 5.74) is 1.64. The summed E-state index contributed by atoms with van der Waals surface area (Å²) in [4.78, 5) is 25.7. The number of rotatable bonds is 5. The van der Waals surface area contributed by atoms with Crippen molar-refractivity contribution in [2.45, 2.75) is 12.8 Å². The summed E-state index contributed by atoms with van der Waals surface area (Å²) in [5.74, 6) is -1.02. The van der Waals surface area contributed by atoms with Crippen molar-refractivity contribution in [3.63, 3.8) is 0 Å². The number of aromatic amines is 1. The predicted molar refractivity (Wildman–Crippen MR) is 67.3 cm³/mol. The molecule has 0 spiro atoms. The van der Waals surface area contributed by atoms with Gasteiger partial charge in [-0.05, 0) is 12.1 Å². The smallest absolute Gasteiger partial charge is 0.303 e. The molecule has 3 N–H and O–H groups in total. The number of amides is 1. The van der Waals surface area contributed by atoms with Gasteiger partial charge in [-0.3, -0.25) is 19.7 Å². The third-order valence-electron chi connectivity index (χ3n) is 2.40. The maximum atomic E-state index is 11.4. The Hall–Kier alpha value is -2.70. The normalized spacial score (nSPS) is 10.1. The number of carbonyl (C=O) groups is 2. The zero-order chi connectivity index (χ0) is 13.7. The van der Waals surface area contributed by atoms with E-state index in [1.165, 1.54) is 0 Å². The average Bonchev–Trinajstić information content (AvgIpc) is 2.86. The van der Waals surface area contributed by atoms with Crippen molar-refractivity contribution in [1.82, 2.24) is 15.2 Å². The summed E-state index contributed by atoms with van der Waals surface area (Å²) in [5, 5.41) is 17.7. The van der Waals surface area contributed by atoms with Crippen LogP contribution < -0.4 is 5.32 Å². The van der Waals surface area contributed by atoms with Gasteiger partial charge in [0, 0.05) is 30.4 Å². The first-order valence-corrected chi connectivity index (χ1v) is 5.62. The highest BCUT2D eigenvalue weighted by molar-refractivity contribution is 5.92. The molecule has 0 aliphatic heterocycles. The molecule has 0 aliphatic carbocycles. The van der Waals surface area contributed by atoms with Crippen LogP contribution in [0.3, 0.4) is 0 Å². The zero-order valence-electron chi connectivity index (χ0n) is 9.96. The Balaban J connectivity index is 1.98. The fraction of sp³-hybridized carbons (Fsp3) is 0.167. The van der Waals surface area contributed by atoms with Gasteiger partial charge in [-0.15, -0.1) is 0 Å². The summed E-state index contributed by atoms with van der Waals surface area (Å²) < 4.78 is 0. The topological polar surface area (TPSA) is 108 Å². The molecule has 19 heavy (non-hydrogen) atoms. The SMILES string of the molecule is O=C(O)CCC(=O)Nc1cc(-c2ccncc2)[nH]n1. The molecule has 0 radical (unpaired) electrons. The zero-order valence-corrected chi connectivity index (χ0v) is 9.96. The van der Waals surface area contributed by atoms with Crippen LogP contribution in [-0.4, -0.2) is 32.2 Å². The number of aromatic nitrogens is 3. The van der Waals surface area contributed by atoms with Crippen LogP contribution in [0, 0.1) is 0 Å². The van der Waals surface area contributed by atoms with Crippen molar-refractivity contribution in [3.8, 4) is 11.3 Å². The lowest BCUT2D eigenvalue weighted by atomic mass is 10.2. The van der Waals surface area contributed by atoms with Gasteiger partial charge in [0.1, 0.15) is 0 Å². The predicted octanol–water partition coefficient (Wildman–Crippen LogP) is 1.27. The van der Waals surface area contributed by atoms with Crippen molar-refractivity contribution in [1.29, 1.82) is 0 Å². The number of hydrogen-bond donors (Lipinski definition) is 3. The lowest BCUT2D eigenvalue weighted by molar-refractivity contribution is -0.138. The number of anilines is 1. The van der Waals surface area contributed by atoms with Gasteiger partial charge < -0.3 is 10.4 Å². The van der Waals surface area contributed by atoms with Crippen molar-refractivity contribution in [2.24, 2.45) is 0 Å². The molecular weight excluding hydrogens is 248 g/mol. The quantitative estimate of drug-likeness (QED) is 0.750. The van der Waals surface area contributed by atoms with E-state index < -0.39 is 5.97 Å². The summed E-state index contributed by atoms with van der Waals surface area (Å²) in [6.45, 7) is 0. The highest BCUT2D eigenvalue weighted by Crippen LogP contribution is 2.18. The summed E-state index contributed by atoms with van der Waals surface area (Å²) in [6, 6.07) is 5.29. The number of carbonyl (C=O) groups excluding carboxylic acids is 1. The first kappa shape index (κ1) is 12.7. The number of hydrogen-bond acceptors (Lipinski definition) is 4. The third-order valence-corrected chi connectivity index (χ3v) is 2.40. The molecule has 98 valence electrons. The van der Waals surface area contributed by atoms with Crippen LogP contribution in [0.1, 0.15) is 12.8 Å². The van der Waals surface area contributed by atoms with E-state index in [1.54, 1.807) is 18.5 Å². The molecule has 0 aromatic carbocycles. The molecule has 2 heterocycles. The summed E-state index contributed by atoms with van der Waals surface area (Å²) in [6.07, 6.45) is 3.03. The maximum absolute atomic E-state index is 11.4. The van der Waals surface area contributed by atoms with E-state index in [9.17, 15) is 9.59 Å². The molecule has 0 saturated heterocycles. The monoisotopic (exact) mass is 260 g/mol. The van der Waals surface area contributed by atoms with Crippen LogP contribution in [0.15, 0.2) is 30.6 Å². The van der Waals surface area contributed by atoms with E-state index in [1.807, 2.05) is 12.1 Å². The lowest BCUT2D eigenvalue weighted by Gasteiger charge is -1.98. The highest BCUT2D eigenvalue weighted by Gasteiger charge is 2.08. The summed E-state index contributed by atoms with van der Waals surface area (Å²) >= 11 is 0. The van der Waals surface area contributed by atoms with Gasteiger partial charge in [-0.25, -0.2) is 0 Å². The van der Waals surface area contributed by atoms with Crippen LogP contribution >= 0.6 is 0 Å². The largest absolute Gasteiger partial charge is 0.481 e.